The molecule has 74 valence electrons. The molecule has 1 heterocycles. The molecular formula is C9H15NO3. The Morgan fingerprint density at radius 3 is 2.62 bits per heavy atom. The minimum atomic E-state index is -0.149. The van der Waals surface area contributed by atoms with Crippen LogP contribution in [0.4, 0.5) is 0 Å². The molecule has 1 fully saturated rings. The third-order valence-electron chi connectivity index (χ3n) is 2.48. The molecule has 0 aromatic rings. The number of rotatable bonds is 3. The molecular weight excluding hydrogens is 170 g/mol. The van der Waals surface area contributed by atoms with Gasteiger partial charge in [-0.3, -0.25) is 9.59 Å². The van der Waals surface area contributed by atoms with Crippen LogP contribution in [-0.2, 0) is 14.3 Å². The predicted molar refractivity (Wildman–Crippen MR) is 47.0 cm³/mol. The van der Waals surface area contributed by atoms with Crippen molar-refractivity contribution < 1.29 is 14.3 Å². The maximum Gasteiger partial charge on any atom is 0.305 e. The summed E-state index contributed by atoms with van der Waals surface area (Å²) in [6, 6.07) is 0. The van der Waals surface area contributed by atoms with Crippen LogP contribution in [0.3, 0.4) is 0 Å². The number of esters is 1. The van der Waals surface area contributed by atoms with Crippen LogP contribution in [-0.4, -0.2) is 37.5 Å². The topological polar surface area (TPSA) is 46.6 Å². The van der Waals surface area contributed by atoms with Gasteiger partial charge in [-0.15, -0.1) is 0 Å². The molecule has 1 rings (SSSR count). The van der Waals surface area contributed by atoms with E-state index in [2.05, 4.69) is 4.74 Å². The summed E-state index contributed by atoms with van der Waals surface area (Å²) in [5.41, 5.74) is 0. The summed E-state index contributed by atoms with van der Waals surface area (Å²) in [5, 5.41) is 0. The van der Waals surface area contributed by atoms with Gasteiger partial charge in [-0.25, -0.2) is 0 Å². The first kappa shape index (κ1) is 10.0. The normalized spacial score (nSPS) is 18.4. The monoisotopic (exact) mass is 185 g/mol. The molecule has 1 saturated heterocycles. The molecule has 0 radical (unpaired) electrons. The molecule has 0 atom stereocenters. The van der Waals surface area contributed by atoms with Crippen molar-refractivity contribution in [3.05, 3.63) is 0 Å². The van der Waals surface area contributed by atoms with E-state index in [0.717, 1.165) is 32.3 Å². The van der Waals surface area contributed by atoms with Gasteiger partial charge in [0.15, 0.2) is 0 Å². The molecule has 0 unspecified atom stereocenters. The Morgan fingerprint density at radius 2 is 2.15 bits per heavy atom. The fourth-order valence-electron chi connectivity index (χ4n) is 1.58. The first-order valence-electron chi connectivity index (χ1n) is 4.52. The number of carbonyl (C=O) groups excluding carboxylic acids is 2. The molecule has 1 aliphatic heterocycles. The molecule has 1 aliphatic rings. The van der Waals surface area contributed by atoms with Gasteiger partial charge in [0.1, 0.15) is 0 Å². The second kappa shape index (κ2) is 4.84. The Hall–Kier alpha value is -1.06. The molecule has 4 heteroatoms. The summed E-state index contributed by atoms with van der Waals surface area (Å²) in [4.78, 5) is 23.0. The molecule has 0 aromatic heterocycles. The van der Waals surface area contributed by atoms with Crippen molar-refractivity contribution in [3.8, 4) is 0 Å². The lowest BCUT2D eigenvalue weighted by Gasteiger charge is -2.28. The number of piperidine rings is 1. The highest BCUT2D eigenvalue weighted by Gasteiger charge is 2.20. The highest BCUT2D eigenvalue weighted by atomic mass is 16.5. The van der Waals surface area contributed by atoms with Gasteiger partial charge in [0, 0.05) is 19.5 Å². The number of ether oxygens (including phenoxy) is 1. The average Bonchev–Trinajstić information content (AvgIpc) is 2.19. The Balaban J connectivity index is 2.24. The second-order valence-electron chi connectivity index (χ2n) is 3.37. The number of nitrogens with zero attached hydrogens (tertiary/aromatic N) is 1. The maximum absolute atomic E-state index is 10.9. The standard InChI is InChI=1S/C9H15NO3/c1-13-9(12)6-8-2-4-10(7-11)5-3-8/h7-8H,2-6H2,1H3. The number of methoxy groups -OCH3 is 1. The van der Waals surface area contributed by atoms with Crippen LogP contribution in [0.15, 0.2) is 0 Å². The Morgan fingerprint density at radius 1 is 1.54 bits per heavy atom. The van der Waals surface area contributed by atoms with Gasteiger partial charge in [0.05, 0.1) is 7.11 Å². The summed E-state index contributed by atoms with van der Waals surface area (Å²) in [7, 11) is 1.41. The van der Waals surface area contributed by atoms with Gasteiger partial charge in [-0.05, 0) is 18.8 Å². The van der Waals surface area contributed by atoms with Crippen molar-refractivity contribution >= 4 is 12.4 Å². The zero-order valence-corrected chi connectivity index (χ0v) is 7.86. The Kier molecular flexibility index (Phi) is 3.73. The molecule has 0 saturated carbocycles. The van der Waals surface area contributed by atoms with E-state index in [0.29, 0.717) is 12.3 Å². The molecule has 0 spiro atoms. The van der Waals surface area contributed by atoms with Crippen molar-refractivity contribution in [1.82, 2.24) is 4.90 Å². The lowest BCUT2D eigenvalue weighted by molar-refractivity contribution is -0.142. The van der Waals surface area contributed by atoms with Crippen LogP contribution < -0.4 is 0 Å². The lowest BCUT2D eigenvalue weighted by Crippen LogP contribution is -2.33. The summed E-state index contributed by atoms with van der Waals surface area (Å²) in [6.07, 6.45) is 3.18. The highest BCUT2D eigenvalue weighted by Crippen LogP contribution is 2.19. The van der Waals surface area contributed by atoms with E-state index >= 15 is 0 Å². The summed E-state index contributed by atoms with van der Waals surface area (Å²) in [5.74, 6) is 0.244. The average molecular weight is 185 g/mol. The fraction of sp³-hybridized carbons (Fsp3) is 0.778. The molecule has 4 nitrogen and oxygen atoms in total. The van der Waals surface area contributed by atoms with E-state index < -0.39 is 0 Å². The highest BCUT2D eigenvalue weighted by molar-refractivity contribution is 5.69. The molecule has 1 amide bonds. The van der Waals surface area contributed by atoms with Crippen molar-refractivity contribution in [1.29, 1.82) is 0 Å². The second-order valence-corrected chi connectivity index (χ2v) is 3.37. The van der Waals surface area contributed by atoms with Crippen molar-refractivity contribution in [2.75, 3.05) is 20.2 Å². The van der Waals surface area contributed by atoms with Crippen LogP contribution in [0, 0.1) is 5.92 Å². The first-order chi connectivity index (χ1) is 6.26. The zero-order chi connectivity index (χ0) is 9.68. The van der Waals surface area contributed by atoms with E-state index in [9.17, 15) is 9.59 Å². The smallest absolute Gasteiger partial charge is 0.305 e. The summed E-state index contributed by atoms with van der Waals surface area (Å²) >= 11 is 0. The quantitative estimate of drug-likeness (QED) is 0.473. The van der Waals surface area contributed by atoms with Gasteiger partial charge >= 0.3 is 5.97 Å². The number of carbonyl (C=O) groups is 2. The molecule has 0 bridgehead atoms. The molecule has 0 aliphatic carbocycles. The van der Waals surface area contributed by atoms with Crippen molar-refractivity contribution in [3.63, 3.8) is 0 Å². The summed E-state index contributed by atoms with van der Waals surface area (Å²) < 4.78 is 4.58. The van der Waals surface area contributed by atoms with Crippen molar-refractivity contribution in [2.45, 2.75) is 19.3 Å². The zero-order valence-electron chi connectivity index (χ0n) is 7.86. The van der Waals surface area contributed by atoms with E-state index in [1.807, 2.05) is 0 Å². The fourth-order valence-corrected chi connectivity index (χ4v) is 1.58. The third-order valence-corrected chi connectivity index (χ3v) is 2.48. The van der Waals surface area contributed by atoms with Gasteiger partial charge < -0.3 is 9.64 Å². The Bertz CT molecular complexity index is 185. The SMILES string of the molecule is COC(=O)CC1CCN(C=O)CC1. The number of hydrogen-bond donors (Lipinski definition) is 0. The molecule has 0 aromatic carbocycles. The van der Waals surface area contributed by atoms with Gasteiger partial charge in [-0.2, -0.15) is 0 Å². The number of hydrogen-bond acceptors (Lipinski definition) is 3. The lowest BCUT2D eigenvalue weighted by atomic mass is 9.94. The van der Waals surface area contributed by atoms with Gasteiger partial charge in [-0.1, -0.05) is 0 Å². The minimum Gasteiger partial charge on any atom is -0.469 e. The van der Waals surface area contributed by atoms with Crippen molar-refractivity contribution in [2.24, 2.45) is 5.92 Å². The predicted octanol–water partition coefficient (Wildman–Crippen LogP) is 0.418. The minimum absolute atomic E-state index is 0.149. The van der Waals surface area contributed by atoms with Gasteiger partial charge in [0.2, 0.25) is 6.41 Å². The van der Waals surface area contributed by atoms with Crippen LogP contribution in [0.25, 0.3) is 0 Å². The number of likely N-dealkylation sites (tertiary alicyclic amines) is 1. The maximum atomic E-state index is 10.9. The largest absolute Gasteiger partial charge is 0.469 e. The van der Waals surface area contributed by atoms with Crippen LogP contribution in [0.5, 0.6) is 0 Å². The third kappa shape index (κ3) is 3.05. The van der Waals surface area contributed by atoms with Gasteiger partial charge in [0.25, 0.3) is 0 Å². The number of amides is 1. The molecule has 13 heavy (non-hydrogen) atoms. The first-order valence-corrected chi connectivity index (χ1v) is 4.52. The summed E-state index contributed by atoms with van der Waals surface area (Å²) in [6.45, 7) is 1.54. The van der Waals surface area contributed by atoms with E-state index in [1.165, 1.54) is 7.11 Å². The van der Waals surface area contributed by atoms with Crippen LogP contribution in [0.1, 0.15) is 19.3 Å². The van der Waals surface area contributed by atoms with Crippen LogP contribution >= 0.6 is 0 Å². The molecule has 0 N–H and O–H groups in total. The van der Waals surface area contributed by atoms with E-state index in [-0.39, 0.29) is 5.97 Å². The van der Waals surface area contributed by atoms with Crippen LogP contribution in [0.2, 0.25) is 0 Å². The Labute approximate surface area is 77.8 Å². The van der Waals surface area contributed by atoms with E-state index in [1.54, 1.807) is 4.90 Å². The van der Waals surface area contributed by atoms with E-state index in [4.69, 9.17) is 0 Å².